The molecule has 6 heteroatoms. The van der Waals surface area contributed by atoms with E-state index in [0.717, 1.165) is 44.0 Å². The second-order valence-corrected chi connectivity index (χ2v) is 7.05. The van der Waals surface area contributed by atoms with Crippen LogP contribution in [0.4, 0.5) is 11.5 Å². The summed E-state index contributed by atoms with van der Waals surface area (Å²) in [4.78, 5) is 26.7. The van der Waals surface area contributed by atoms with Gasteiger partial charge >= 0.3 is 0 Å². The Morgan fingerprint density at radius 2 is 1.59 bits per heavy atom. The number of piperazine rings is 1. The lowest BCUT2D eigenvalue weighted by Crippen LogP contribution is -2.48. The average molecular weight is 387 g/mol. The summed E-state index contributed by atoms with van der Waals surface area (Å²) in [5.74, 6) is 1.11. The largest absolute Gasteiger partial charge is 0.340 e. The number of aromatic nitrogens is 2. The first-order chi connectivity index (χ1) is 14.2. The van der Waals surface area contributed by atoms with E-state index in [1.165, 1.54) is 0 Å². The van der Waals surface area contributed by atoms with Gasteiger partial charge in [-0.2, -0.15) is 0 Å². The van der Waals surface area contributed by atoms with Crippen molar-refractivity contribution in [1.82, 2.24) is 19.8 Å². The van der Waals surface area contributed by atoms with Gasteiger partial charge in [0.1, 0.15) is 11.5 Å². The number of rotatable bonds is 5. The molecule has 3 aromatic rings. The molecule has 0 aliphatic carbocycles. The van der Waals surface area contributed by atoms with Crippen LogP contribution in [0.25, 0.3) is 11.4 Å². The molecule has 6 nitrogen and oxygen atoms in total. The Labute approximate surface area is 171 Å². The second kappa shape index (κ2) is 8.84. The zero-order valence-electron chi connectivity index (χ0n) is 16.6. The zero-order valence-corrected chi connectivity index (χ0v) is 16.6. The molecular weight excluding hydrogens is 362 g/mol. The fraction of sp³-hybridized carbons (Fsp3) is 0.261. The monoisotopic (exact) mass is 387 g/mol. The molecule has 0 spiro atoms. The molecule has 1 aromatic heterocycles. The van der Waals surface area contributed by atoms with Crippen molar-refractivity contribution < 1.29 is 4.79 Å². The van der Waals surface area contributed by atoms with Crippen LogP contribution in [0.3, 0.4) is 0 Å². The number of likely N-dealkylation sites (N-methyl/N-ethyl adjacent to an activating group) is 1. The van der Waals surface area contributed by atoms with E-state index in [0.29, 0.717) is 17.3 Å². The van der Waals surface area contributed by atoms with Gasteiger partial charge in [-0.25, -0.2) is 9.97 Å². The number of nitrogens with one attached hydrogen (secondary N) is 1. The van der Waals surface area contributed by atoms with Gasteiger partial charge in [-0.1, -0.05) is 55.5 Å². The van der Waals surface area contributed by atoms with Crippen molar-refractivity contribution in [2.75, 3.05) is 38.0 Å². The Morgan fingerprint density at radius 1 is 0.931 bits per heavy atom. The summed E-state index contributed by atoms with van der Waals surface area (Å²) in [7, 11) is 0. The van der Waals surface area contributed by atoms with Gasteiger partial charge in [-0.05, 0) is 18.7 Å². The third-order valence-electron chi connectivity index (χ3n) is 5.13. The number of hydrogen-bond donors (Lipinski definition) is 1. The van der Waals surface area contributed by atoms with Crippen LogP contribution < -0.4 is 5.32 Å². The molecule has 0 saturated carbocycles. The van der Waals surface area contributed by atoms with Crippen LogP contribution in [0.15, 0.2) is 66.7 Å². The summed E-state index contributed by atoms with van der Waals surface area (Å²) in [6.07, 6.45) is 0. The van der Waals surface area contributed by atoms with Gasteiger partial charge < -0.3 is 15.1 Å². The Kier molecular flexibility index (Phi) is 5.81. The first-order valence-electron chi connectivity index (χ1n) is 10.0. The smallest absolute Gasteiger partial charge is 0.272 e. The van der Waals surface area contributed by atoms with Crippen molar-refractivity contribution in [3.8, 4) is 11.4 Å². The maximum Gasteiger partial charge on any atom is 0.272 e. The molecule has 4 rings (SSSR count). The molecule has 2 heterocycles. The molecule has 0 radical (unpaired) electrons. The van der Waals surface area contributed by atoms with E-state index >= 15 is 0 Å². The molecule has 148 valence electrons. The Morgan fingerprint density at radius 3 is 2.24 bits per heavy atom. The Bertz CT molecular complexity index is 954. The minimum absolute atomic E-state index is 0.0450. The number of nitrogens with zero attached hydrogens (tertiary/aromatic N) is 4. The SMILES string of the molecule is CCN1CCN(C(=O)c2cc(Nc3ccccc3)nc(-c3ccccc3)n2)CC1. The minimum atomic E-state index is -0.0450. The predicted molar refractivity (Wildman–Crippen MR) is 115 cm³/mol. The summed E-state index contributed by atoms with van der Waals surface area (Å²) in [5.41, 5.74) is 2.22. The van der Waals surface area contributed by atoms with Gasteiger partial charge in [0.15, 0.2) is 5.82 Å². The van der Waals surface area contributed by atoms with Gasteiger partial charge in [0.05, 0.1) is 0 Å². The average Bonchev–Trinajstić information content (AvgIpc) is 2.80. The van der Waals surface area contributed by atoms with E-state index in [1.807, 2.05) is 65.6 Å². The maximum atomic E-state index is 13.2. The molecule has 1 fully saturated rings. The molecule has 1 N–H and O–H groups in total. The van der Waals surface area contributed by atoms with Gasteiger partial charge in [0.2, 0.25) is 0 Å². The summed E-state index contributed by atoms with van der Waals surface area (Å²) < 4.78 is 0. The van der Waals surface area contributed by atoms with Crippen LogP contribution in [0.2, 0.25) is 0 Å². The lowest BCUT2D eigenvalue weighted by atomic mass is 10.2. The maximum absolute atomic E-state index is 13.2. The number of carbonyl (C=O) groups is 1. The van der Waals surface area contributed by atoms with E-state index in [1.54, 1.807) is 6.07 Å². The molecular formula is C23H25N5O. The molecule has 1 saturated heterocycles. The van der Waals surface area contributed by atoms with Crippen LogP contribution in [0.1, 0.15) is 17.4 Å². The molecule has 29 heavy (non-hydrogen) atoms. The lowest BCUT2D eigenvalue weighted by Gasteiger charge is -2.33. The highest BCUT2D eigenvalue weighted by atomic mass is 16.2. The molecule has 1 aliphatic rings. The van der Waals surface area contributed by atoms with Crippen molar-refractivity contribution in [2.24, 2.45) is 0 Å². The predicted octanol–water partition coefficient (Wildman–Crippen LogP) is 3.66. The number of para-hydroxylation sites is 1. The number of amides is 1. The lowest BCUT2D eigenvalue weighted by molar-refractivity contribution is 0.0637. The zero-order chi connectivity index (χ0) is 20.1. The normalized spacial score (nSPS) is 14.6. The number of carbonyl (C=O) groups excluding carboxylic acids is 1. The summed E-state index contributed by atoms with van der Waals surface area (Å²) in [5, 5.41) is 3.30. The topological polar surface area (TPSA) is 61.4 Å². The van der Waals surface area contributed by atoms with Crippen molar-refractivity contribution in [3.63, 3.8) is 0 Å². The first kappa shape index (κ1) is 19.1. The highest BCUT2D eigenvalue weighted by Crippen LogP contribution is 2.21. The van der Waals surface area contributed by atoms with E-state index in [2.05, 4.69) is 27.1 Å². The van der Waals surface area contributed by atoms with Crippen LogP contribution in [-0.2, 0) is 0 Å². The Hall–Kier alpha value is -3.25. The molecule has 0 unspecified atom stereocenters. The standard InChI is InChI=1S/C23H25N5O/c1-2-27-13-15-28(16-14-27)23(29)20-17-21(24-19-11-7-4-8-12-19)26-22(25-20)18-9-5-3-6-10-18/h3-12,17H,2,13-16H2,1H3,(H,24,25,26). The molecule has 1 aliphatic heterocycles. The third kappa shape index (κ3) is 4.60. The minimum Gasteiger partial charge on any atom is -0.340 e. The second-order valence-electron chi connectivity index (χ2n) is 7.05. The molecule has 0 bridgehead atoms. The van der Waals surface area contributed by atoms with Crippen molar-refractivity contribution in [3.05, 3.63) is 72.4 Å². The first-order valence-corrected chi connectivity index (χ1v) is 10.0. The Balaban J connectivity index is 1.65. The van der Waals surface area contributed by atoms with E-state index in [9.17, 15) is 4.79 Å². The van der Waals surface area contributed by atoms with Crippen molar-refractivity contribution >= 4 is 17.4 Å². The molecule has 0 atom stereocenters. The van der Waals surface area contributed by atoms with Gasteiger partial charge in [-0.3, -0.25) is 4.79 Å². The van der Waals surface area contributed by atoms with Crippen LogP contribution >= 0.6 is 0 Å². The van der Waals surface area contributed by atoms with Crippen LogP contribution in [0.5, 0.6) is 0 Å². The van der Waals surface area contributed by atoms with Crippen molar-refractivity contribution in [2.45, 2.75) is 6.92 Å². The van der Waals surface area contributed by atoms with Gasteiger partial charge in [0, 0.05) is 43.5 Å². The van der Waals surface area contributed by atoms with Crippen LogP contribution in [0, 0.1) is 0 Å². The summed E-state index contributed by atoms with van der Waals surface area (Å²) in [6, 6.07) is 21.3. The third-order valence-corrected chi connectivity index (χ3v) is 5.13. The van der Waals surface area contributed by atoms with Crippen LogP contribution in [-0.4, -0.2) is 58.4 Å². The highest BCUT2D eigenvalue weighted by molar-refractivity contribution is 5.93. The fourth-order valence-electron chi connectivity index (χ4n) is 3.44. The van der Waals surface area contributed by atoms with Crippen molar-refractivity contribution in [1.29, 1.82) is 0 Å². The summed E-state index contributed by atoms with van der Waals surface area (Å²) in [6.45, 7) is 6.40. The quantitative estimate of drug-likeness (QED) is 0.724. The number of benzene rings is 2. The number of anilines is 2. The highest BCUT2D eigenvalue weighted by Gasteiger charge is 2.23. The van der Waals surface area contributed by atoms with E-state index in [-0.39, 0.29) is 5.91 Å². The van der Waals surface area contributed by atoms with Gasteiger partial charge in [0.25, 0.3) is 5.91 Å². The van der Waals surface area contributed by atoms with E-state index in [4.69, 9.17) is 0 Å². The summed E-state index contributed by atoms with van der Waals surface area (Å²) >= 11 is 0. The fourth-order valence-corrected chi connectivity index (χ4v) is 3.44. The molecule has 1 amide bonds. The van der Waals surface area contributed by atoms with E-state index < -0.39 is 0 Å². The van der Waals surface area contributed by atoms with Gasteiger partial charge in [-0.15, -0.1) is 0 Å². The molecule has 2 aromatic carbocycles. The number of hydrogen-bond acceptors (Lipinski definition) is 5.